The fourth-order valence-electron chi connectivity index (χ4n) is 3.71. The lowest BCUT2D eigenvalue weighted by atomic mass is 10.1. The van der Waals surface area contributed by atoms with Crippen LogP contribution in [-0.2, 0) is 4.74 Å². The Morgan fingerprint density at radius 1 is 1.32 bits per heavy atom. The molecule has 0 aromatic heterocycles. The Morgan fingerprint density at radius 3 is 2.64 bits per heavy atom. The number of piperazine rings is 3. The summed E-state index contributed by atoms with van der Waals surface area (Å²) in [6.45, 7) is 9.96. The van der Waals surface area contributed by atoms with Crippen molar-refractivity contribution in [1.82, 2.24) is 20.0 Å². The van der Waals surface area contributed by atoms with Crippen molar-refractivity contribution in [2.75, 3.05) is 73.1 Å². The van der Waals surface area contributed by atoms with E-state index in [-0.39, 0.29) is 24.0 Å². The Kier molecular flexibility index (Phi) is 7.17. The SMILES string of the molecule is CN=C(NCC1CN2CCN1CC2)N(C)CC1CCOC1.I. The van der Waals surface area contributed by atoms with Crippen molar-refractivity contribution in [1.29, 1.82) is 0 Å². The summed E-state index contributed by atoms with van der Waals surface area (Å²) in [4.78, 5) is 11.9. The molecule has 128 valence electrons. The average Bonchev–Trinajstić information content (AvgIpc) is 3.02. The summed E-state index contributed by atoms with van der Waals surface area (Å²) in [5.41, 5.74) is 0. The first-order valence-electron chi connectivity index (χ1n) is 8.22. The van der Waals surface area contributed by atoms with E-state index in [0.29, 0.717) is 12.0 Å². The molecule has 2 atom stereocenters. The van der Waals surface area contributed by atoms with E-state index in [1.54, 1.807) is 0 Å². The van der Waals surface area contributed by atoms with Crippen molar-refractivity contribution in [3.8, 4) is 0 Å². The van der Waals surface area contributed by atoms with Crippen LogP contribution in [0.5, 0.6) is 0 Å². The number of nitrogens with zero attached hydrogens (tertiary/aromatic N) is 4. The van der Waals surface area contributed by atoms with Gasteiger partial charge in [-0.05, 0) is 6.42 Å². The van der Waals surface area contributed by atoms with Gasteiger partial charge in [-0.2, -0.15) is 0 Å². The molecule has 0 aromatic rings. The van der Waals surface area contributed by atoms with Crippen LogP contribution in [0.4, 0.5) is 0 Å². The van der Waals surface area contributed by atoms with Crippen LogP contribution in [0.2, 0.25) is 0 Å². The summed E-state index contributed by atoms with van der Waals surface area (Å²) in [6, 6.07) is 0.632. The van der Waals surface area contributed by atoms with Gasteiger partial charge >= 0.3 is 0 Å². The van der Waals surface area contributed by atoms with E-state index in [2.05, 4.69) is 32.1 Å². The minimum Gasteiger partial charge on any atom is -0.381 e. The van der Waals surface area contributed by atoms with Gasteiger partial charge < -0.3 is 15.0 Å². The fourth-order valence-corrected chi connectivity index (χ4v) is 3.71. The maximum absolute atomic E-state index is 5.46. The molecule has 0 aromatic carbocycles. The molecule has 2 bridgehead atoms. The molecule has 4 heterocycles. The highest BCUT2D eigenvalue weighted by Crippen LogP contribution is 2.15. The third kappa shape index (κ3) is 4.46. The van der Waals surface area contributed by atoms with Crippen molar-refractivity contribution >= 4 is 29.9 Å². The van der Waals surface area contributed by atoms with Gasteiger partial charge in [-0.3, -0.25) is 14.8 Å². The lowest BCUT2D eigenvalue weighted by Gasteiger charge is -2.47. The summed E-state index contributed by atoms with van der Waals surface area (Å²) in [5.74, 6) is 1.66. The number of ether oxygens (including phenoxy) is 1. The summed E-state index contributed by atoms with van der Waals surface area (Å²) in [6.07, 6.45) is 1.17. The Hall–Kier alpha value is -0.120. The van der Waals surface area contributed by atoms with E-state index in [0.717, 1.165) is 32.3 Å². The monoisotopic (exact) mass is 423 g/mol. The van der Waals surface area contributed by atoms with E-state index in [9.17, 15) is 0 Å². The average molecular weight is 423 g/mol. The standard InChI is InChI=1S/C15H29N5O.HI/c1-16-15(18(2)10-13-3-8-21-12-13)17-9-14-11-19-4-6-20(14)7-5-19;/h13-14H,3-12H2,1-2H3,(H,16,17);1H. The van der Waals surface area contributed by atoms with Gasteiger partial charge in [0.25, 0.3) is 0 Å². The van der Waals surface area contributed by atoms with Crippen molar-refractivity contribution in [2.24, 2.45) is 10.9 Å². The smallest absolute Gasteiger partial charge is 0.193 e. The van der Waals surface area contributed by atoms with Gasteiger partial charge in [0.2, 0.25) is 0 Å². The van der Waals surface area contributed by atoms with Crippen molar-refractivity contribution < 1.29 is 4.74 Å². The zero-order valence-electron chi connectivity index (χ0n) is 13.8. The van der Waals surface area contributed by atoms with Crippen LogP contribution < -0.4 is 5.32 Å². The lowest BCUT2D eigenvalue weighted by molar-refractivity contribution is 0.0152. The van der Waals surface area contributed by atoms with E-state index in [1.807, 2.05) is 7.05 Å². The third-order valence-electron chi connectivity index (χ3n) is 5.02. The Balaban J connectivity index is 0.00000176. The van der Waals surface area contributed by atoms with E-state index in [1.165, 1.54) is 39.1 Å². The molecule has 4 rings (SSSR count). The van der Waals surface area contributed by atoms with Crippen molar-refractivity contribution in [3.05, 3.63) is 0 Å². The molecule has 7 heteroatoms. The molecule has 4 saturated heterocycles. The van der Waals surface area contributed by atoms with Crippen LogP contribution in [0.1, 0.15) is 6.42 Å². The second-order valence-electron chi connectivity index (χ2n) is 6.53. The summed E-state index contributed by atoms with van der Waals surface area (Å²) >= 11 is 0. The summed E-state index contributed by atoms with van der Waals surface area (Å²) in [7, 11) is 4.01. The molecular formula is C15H30IN5O. The zero-order valence-corrected chi connectivity index (χ0v) is 16.2. The van der Waals surface area contributed by atoms with Crippen molar-refractivity contribution in [3.63, 3.8) is 0 Å². The van der Waals surface area contributed by atoms with E-state index >= 15 is 0 Å². The number of halogens is 1. The van der Waals surface area contributed by atoms with Gasteiger partial charge in [-0.15, -0.1) is 24.0 Å². The molecular weight excluding hydrogens is 393 g/mol. The predicted octanol–water partition coefficient (Wildman–Crippen LogP) is 0.148. The van der Waals surface area contributed by atoms with E-state index < -0.39 is 0 Å². The number of aliphatic imine (C=N–C) groups is 1. The van der Waals surface area contributed by atoms with Crippen LogP contribution in [0, 0.1) is 5.92 Å². The van der Waals surface area contributed by atoms with Crippen molar-refractivity contribution in [2.45, 2.75) is 12.5 Å². The number of nitrogens with one attached hydrogen (secondary N) is 1. The first-order chi connectivity index (χ1) is 10.3. The molecule has 2 unspecified atom stereocenters. The third-order valence-corrected chi connectivity index (χ3v) is 5.02. The minimum atomic E-state index is 0. The number of hydrogen-bond acceptors (Lipinski definition) is 4. The number of fused-ring (bicyclic) bond motifs is 3. The second kappa shape index (κ2) is 8.65. The van der Waals surface area contributed by atoms with Crippen LogP contribution in [-0.4, -0.2) is 99.8 Å². The second-order valence-corrected chi connectivity index (χ2v) is 6.53. The van der Waals surface area contributed by atoms with Gasteiger partial charge in [0.1, 0.15) is 0 Å². The minimum absolute atomic E-state index is 0. The van der Waals surface area contributed by atoms with Gasteiger partial charge in [0.15, 0.2) is 5.96 Å². The summed E-state index contributed by atoms with van der Waals surface area (Å²) in [5, 5.41) is 3.56. The number of guanidine groups is 1. The summed E-state index contributed by atoms with van der Waals surface area (Å²) < 4.78 is 5.46. The fraction of sp³-hybridized carbons (Fsp3) is 0.933. The highest BCUT2D eigenvalue weighted by atomic mass is 127. The predicted molar refractivity (Wildman–Crippen MR) is 100 cm³/mol. The molecule has 0 saturated carbocycles. The molecule has 0 amide bonds. The Labute approximate surface area is 151 Å². The van der Waals surface area contributed by atoms with Gasteiger partial charge in [-0.1, -0.05) is 0 Å². The van der Waals surface area contributed by atoms with Crippen LogP contribution in [0.15, 0.2) is 4.99 Å². The first kappa shape index (κ1) is 18.2. The maximum atomic E-state index is 5.46. The van der Waals surface area contributed by atoms with Gasteiger partial charge in [0, 0.05) is 78.5 Å². The largest absolute Gasteiger partial charge is 0.381 e. The first-order valence-corrected chi connectivity index (χ1v) is 8.22. The lowest BCUT2D eigenvalue weighted by Crippen LogP contribution is -2.63. The quantitative estimate of drug-likeness (QED) is 0.396. The Morgan fingerprint density at radius 2 is 2.09 bits per heavy atom. The highest BCUT2D eigenvalue weighted by Gasteiger charge is 2.31. The number of rotatable bonds is 4. The number of hydrogen-bond donors (Lipinski definition) is 1. The van der Waals surface area contributed by atoms with Gasteiger partial charge in [-0.25, -0.2) is 0 Å². The molecule has 4 aliphatic heterocycles. The van der Waals surface area contributed by atoms with Crippen LogP contribution in [0.3, 0.4) is 0 Å². The molecule has 1 N–H and O–H groups in total. The molecule has 22 heavy (non-hydrogen) atoms. The zero-order chi connectivity index (χ0) is 14.7. The molecule has 0 aliphatic carbocycles. The maximum Gasteiger partial charge on any atom is 0.193 e. The highest BCUT2D eigenvalue weighted by molar-refractivity contribution is 14.0. The molecule has 0 spiro atoms. The van der Waals surface area contributed by atoms with E-state index in [4.69, 9.17) is 4.74 Å². The molecule has 6 nitrogen and oxygen atoms in total. The molecule has 0 radical (unpaired) electrons. The molecule has 4 fully saturated rings. The normalized spacial score (nSPS) is 34.4. The topological polar surface area (TPSA) is 43.3 Å². The van der Waals surface area contributed by atoms with Crippen LogP contribution in [0.25, 0.3) is 0 Å². The van der Waals surface area contributed by atoms with Crippen LogP contribution >= 0.6 is 24.0 Å². The molecule has 4 aliphatic rings. The van der Waals surface area contributed by atoms with Gasteiger partial charge in [0.05, 0.1) is 6.61 Å². The Bertz CT molecular complexity index is 367.